The van der Waals surface area contributed by atoms with Gasteiger partial charge >= 0.3 is 0 Å². The maximum absolute atomic E-state index is 11.0. The minimum Gasteiger partial charge on any atom is -0.377 e. The first-order valence-electron chi connectivity index (χ1n) is 5.73. The molecule has 0 bridgehead atoms. The van der Waals surface area contributed by atoms with Gasteiger partial charge in [-0.3, -0.25) is 10.1 Å². The molecule has 0 amide bonds. The fraction of sp³-hybridized carbons (Fsp3) is 0.231. The molecule has 0 aliphatic heterocycles. The van der Waals surface area contributed by atoms with Crippen molar-refractivity contribution in [1.82, 2.24) is 0 Å². The van der Waals surface area contributed by atoms with Crippen LogP contribution >= 0.6 is 27.3 Å². The summed E-state index contributed by atoms with van der Waals surface area (Å²) in [4.78, 5) is 11.8. The lowest BCUT2D eigenvalue weighted by atomic mass is 10.1. The fourth-order valence-electron chi connectivity index (χ4n) is 1.81. The van der Waals surface area contributed by atoms with E-state index >= 15 is 0 Å². The van der Waals surface area contributed by atoms with Crippen LogP contribution in [0.4, 0.5) is 11.4 Å². The standard InChI is InChI=1S/C13H13BrN2O2S/c1-8-6-10(14)11(7-12(8)16(17)18)15-9(2)13-4-3-5-19-13/h3-7,9,15H,1-2H3. The monoisotopic (exact) mass is 340 g/mol. The summed E-state index contributed by atoms with van der Waals surface area (Å²) in [6.45, 7) is 3.76. The lowest BCUT2D eigenvalue weighted by Crippen LogP contribution is -2.06. The SMILES string of the molecule is Cc1cc(Br)c(NC(C)c2cccs2)cc1[N+](=O)[O-]. The van der Waals surface area contributed by atoms with E-state index < -0.39 is 0 Å². The van der Waals surface area contributed by atoms with Crippen LogP contribution in [0.15, 0.2) is 34.1 Å². The molecule has 1 aromatic heterocycles. The average Bonchev–Trinajstić information content (AvgIpc) is 2.85. The van der Waals surface area contributed by atoms with Gasteiger partial charge in [-0.25, -0.2) is 0 Å². The van der Waals surface area contributed by atoms with Crippen LogP contribution in [0.3, 0.4) is 0 Å². The number of hydrogen-bond acceptors (Lipinski definition) is 4. The second-order valence-corrected chi connectivity index (χ2v) is 6.09. The third-order valence-electron chi connectivity index (χ3n) is 2.82. The molecule has 6 heteroatoms. The Morgan fingerprint density at radius 3 is 2.79 bits per heavy atom. The van der Waals surface area contributed by atoms with Crippen LogP contribution in [-0.4, -0.2) is 4.92 Å². The number of rotatable bonds is 4. The highest BCUT2D eigenvalue weighted by molar-refractivity contribution is 9.10. The summed E-state index contributed by atoms with van der Waals surface area (Å²) < 4.78 is 0.832. The number of aryl methyl sites for hydroxylation is 1. The number of benzene rings is 1. The topological polar surface area (TPSA) is 55.2 Å². The highest BCUT2D eigenvalue weighted by atomic mass is 79.9. The summed E-state index contributed by atoms with van der Waals surface area (Å²) in [6.07, 6.45) is 0. The van der Waals surface area contributed by atoms with Gasteiger partial charge in [0.25, 0.3) is 5.69 Å². The summed E-state index contributed by atoms with van der Waals surface area (Å²) in [6, 6.07) is 7.48. The van der Waals surface area contributed by atoms with Crippen LogP contribution < -0.4 is 5.32 Å². The zero-order valence-electron chi connectivity index (χ0n) is 10.5. The van der Waals surface area contributed by atoms with Gasteiger partial charge in [-0.2, -0.15) is 0 Å². The predicted molar refractivity (Wildman–Crippen MR) is 81.9 cm³/mol. The molecule has 100 valence electrons. The largest absolute Gasteiger partial charge is 0.377 e. The normalized spacial score (nSPS) is 12.2. The van der Waals surface area contributed by atoms with Crippen LogP contribution in [0.1, 0.15) is 23.4 Å². The molecule has 2 aromatic rings. The number of anilines is 1. The number of nitrogens with one attached hydrogen (secondary N) is 1. The first-order chi connectivity index (χ1) is 8.99. The Bertz CT molecular complexity index is 599. The van der Waals surface area contributed by atoms with E-state index in [9.17, 15) is 10.1 Å². The molecule has 0 fully saturated rings. The third kappa shape index (κ3) is 3.13. The van der Waals surface area contributed by atoms with Crippen LogP contribution in [0.5, 0.6) is 0 Å². The second kappa shape index (κ2) is 5.71. The maximum Gasteiger partial charge on any atom is 0.274 e. The predicted octanol–water partition coefficient (Wildman–Crippen LogP) is 4.90. The quantitative estimate of drug-likeness (QED) is 0.636. The van der Waals surface area contributed by atoms with Gasteiger partial charge in [0.1, 0.15) is 0 Å². The van der Waals surface area contributed by atoms with Gasteiger partial charge in [-0.1, -0.05) is 6.07 Å². The van der Waals surface area contributed by atoms with Gasteiger partial charge in [0.15, 0.2) is 0 Å². The summed E-state index contributed by atoms with van der Waals surface area (Å²) in [5, 5.41) is 16.3. The van der Waals surface area contributed by atoms with Gasteiger partial charge in [0.05, 0.1) is 16.7 Å². The van der Waals surface area contributed by atoms with Crippen molar-refractivity contribution in [3.63, 3.8) is 0 Å². The number of halogens is 1. The van der Waals surface area contributed by atoms with Crippen molar-refractivity contribution in [3.05, 3.63) is 54.7 Å². The Morgan fingerprint density at radius 1 is 1.47 bits per heavy atom. The van der Waals surface area contributed by atoms with Gasteiger partial charge in [-0.15, -0.1) is 11.3 Å². The molecular formula is C13H13BrN2O2S. The molecule has 1 atom stereocenters. The fourth-order valence-corrected chi connectivity index (χ4v) is 3.12. The highest BCUT2D eigenvalue weighted by Gasteiger charge is 2.16. The number of nitrogens with zero attached hydrogens (tertiary/aromatic N) is 1. The van der Waals surface area contributed by atoms with Gasteiger partial charge in [0.2, 0.25) is 0 Å². The van der Waals surface area contributed by atoms with Gasteiger partial charge < -0.3 is 5.32 Å². The van der Waals surface area contributed by atoms with Gasteiger partial charge in [0, 0.05) is 21.0 Å². The molecule has 2 rings (SSSR count). The van der Waals surface area contributed by atoms with Crippen molar-refractivity contribution in [2.75, 3.05) is 5.32 Å². The first-order valence-corrected chi connectivity index (χ1v) is 7.40. The Balaban J connectivity index is 2.30. The highest BCUT2D eigenvalue weighted by Crippen LogP contribution is 2.33. The van der Waals surface area contributed by atoms with Crippen molar-refractivity contribution >= 4 is 38.6 Å². The van der Waals surface area contributed by atoms with Crippen LogP contribution in [0.2, 0.25) is 0 Å². The molecule has 19 heavy (non-hydrogen) atoms. The summed E-state index contributed by atoms with van der Waals surface area (Å²) >= 11 is 5.10. The minimum atomic E-state index is -0.358. The summed E-state index contributed by atoms with van der Waals surface area (Å²) in [5.41, 5.74) is 1.51. The Hall–Kier alpha value is -1.40. The van der Waals surface area contributed by atoms with E-state index in [1.165, 1.54) is 4.88 Å². The van der Waals surface area contributed by atoms with Crippen molar-refractivity contribution in [1.29, 1.82) is 0 Å². The molecule has 0 saturated heterocycles. The number of hydrogen-bond donors (Lipinski definition) is 1. The van der Waals surface area contributed by atoms with Gasteiger partial charge in [-0.05, 0) is 47.3 Å². The Labute approximate surface area is 123 Å². The van der Waals surface area contributed by atoms with E-state index in [1.54, 1.807) is 30.4 Å². The van der Waals surface area contributed by atoms with E-state index in [0.29, 0.717) is 5.56 Å². The van der Waals surface area contributed by atoms with Crippen LogP contribution in [-0.2, 0) is 0 Å². The molecule has 1 unspecified atom stereocenters. The number of nitro groups is 1. The lowest BCUT2D eigenvalue weighted by Gasteiger charge is -2.15. The molecule has 0 spiro atoms. The lowest BCUT2D eigenvalue weighted by molar-refractivity contribution is -0.385. The van der Waals surface area contributed by atoms with E-state index in [0.717, 1.165) is 10.2 Å². The summed E-state index contributed by atoms with van der Waals surface area (Å²) in [5.74, 6) is 0. The van der Waals surface area contributed by atoms with E-state index in [4.69, 9.17) is 0 Å². The molecule has 1 aromatic carbocycles. The van der Waals surface area contributed by atoms with E-state index in [1.807, 2.05) is 24.4 Å². The average molecular weight is 341 g/mol. The minimum absolute atomic E-state index is 0.110. The number of thiophene rings is 1. The van der Waals surface area contributed by atoms with Crippen molar-refractivity contribution < 1.29 is 4.92 Å². The molecule has 0 aliphatic carbocycles. The van der Waals surface area contributed by atoms with Crippen LogP contribution in [0, 0.1) is 17.0 Å². The Morgan fingerprint density at radius 2 is 2.21 bits per heavy atom. The van der Waals surface area contributed by atoms with Crippen molar-refractivity contribution in [2.24, 2.45) is 0 Å². The molecule has 0 radical (unpaired) electrons. The summed E-state index contributed by atoms with van der Waals surface area (Å²) in [7, 11) is 0. The maximum atomic E-state index is 11.0. The first kappa shape index (κ1) is 14.0. The molecule has 0 aliphatic rings. The zero-order chi connectivity index (χ0) is 14.0. The number of nitro benzene ring substituents is 1. The third-order valence-corrected chi connectivity index (χ3v) is 4.54. The van der Waals surface area contributed by atoms with Crippen molar-refractivity contribution in [2.45, 2.75) is 19.9 Å². The Kier molecular flexibility index (Phi) is 4.21. The smallest absolute Gasteiger partial charge is 0.274 e. The molecular weight excluding hydrogens is 328 g/mol. The molecule has 0 saturated carbocycles. The van der Waals surface area contributed by atoms with E-state index in [-0.39, 0.29) is 16.7 Å². The second-order valence-electron chi connectivity index (χ2n) is 4.26. The molecule has 1 N–H and O–H groups in total. The molecule has 1 heterocycles. The van der Waals surface area contributed by atoms with Crippen LogP contribution in [0.25, 0.3) is 0 Å². The van der Waals surface area contributed by atoms with E-state index in [2.05, 4.69) is 21.2 Å². The zero-order valence-corrected chi connectivity index (χ0v) is 12.9. The van der Waals surface area contributed by atoms with Crippen molar-refractivity contribution in [3.8, 4) is 0 Å². The molecule has 4 nitrogen and oxygen atoms in total.